The van der Waals surface area contributed by atoms with E-state index in [1.807, 2.05) is 13.8 Å². The van der Waals surface area contributed by atoms with Gasteiger partial charge in [0.15, 0.2) is 0 Å². The van der Waals surface area contributed by atoms with Crippen LogP contribution < -0.4 is 5.32 Å². The van der Waals surface area contributed by atoms with Crippen LogP contribution in [0.3, 0.4) is 0 Å². The van der Waals surface area contributed by atoms with Crippen LogP contribution in [0.15, 0.2) is 18.3 Å². The number of hydrogen-bond acceptors (Lipinski definition) is 3. The minimum Gasteiger partial charge on any atom is -0.480 e. The van der Waals surface area contributed by atoms with Gasteiger partial charge in [-0.15, -0.1) is 0 Å². The summed E-state index contributed by atoms with van der Waals surface area (Å²) in [6.07, 6.45) is 2.13. The first-order chi connectivity index (χ1) is 8.45. The van der Waals surface area contributed by atoms with Crippen LogP contribution in [0, 0.1) is 12.8 Å². The van der Waals surface area contributed by atoms with Crippen LogP contribution in [0.2, 0.25) is 0 Å². The maximum Gasteiger partial charge on any atom is 0.326 e. The fraction of sp³-hybridized carbons (Fsp3) is 0.462. The van der Waals surface area contributed by atoms with E-state index in [0.29, 0.717) is 12.0 Å². The molecule has 1 heterocycles. The van der Waals surface area contributed by atoms with Crippen LogP contribution in [-0.4, -0.2) is 28.0 Å². The number of aryl methyl sites for hydroxylation is 1. The highest BCUT2D eigenvalue weighted by molar-refractivity contribution is 5.96. The van der Waals surface area contributed by atoms with E-state index in [4.69, 9.17) is 5.11 Å². The maximum absolute atomic E-state index is 11.9. The Labute approximate surface area is 106 Å². The molecule has 0 saturated carbocycles. The number of carbonyl (C=O) groups is 2. The first-order valence-electron chi connectivity index (χ1n) is 5.92. The van der Waals surface area contributed by atoms with Gasteiger partial charge in [-0.2, -0.15) is 0 Å². The van der Waals surface area contributed by atoms with Crippen molar-refractivity contribution in [3.63, 3.8) is 0 Å². The average Bonchev–Trinajstić information content (AvgIpc) is 2.35. The molecular weight excluding hydrogens is 232 g/mol. The number of hydrogen-bond donors (Lipinski definition) is 2. The van der Waals surface area contributed by atoms with E-state index in [1.54, 1.807) is 19.1 Å². The maximum atomic E-state index is 11.9. The zero-order chi connectivity index (χ0) is 13.7. The number of carbonyl (C=O) groups excluding carboxylic acids is 1. The highest BCUT2D eigenvalue weighted by atomic mass is 16.4. The van der Waals surface area contributed by atoms with Crippen molar-refractivity contribution in [2.24, 2.45) is 5.92 Å². The van der Waals surface area contributed by atoms with E-state index in [1.165, 1.54) is 6.20 Å². The molecule has 2 unspecified atom stereocenters. The predicted octanol–water partition coefficient (Wildman–Crippen LogP) is 1.62. The first kappa shape index (κ1) is 14.2. The molecule has 1 aromatic rings. The number of carboxylic acids is 1. The van der Waals surface area contributed by atoms with Crippen molar-refractivity contribution < 1.29 is 14.7 Å². The van der Waals surface area contributed by atoms with Gasteiger partial charge in [-0.3, -0.25) is 9.78 Å². The molecule has 5 nitrogen and oxygen atoms in total. The van der Waals surface area contributed by atoms with Gasteiger partial charge in [0.25, 0.3) is 5.91 Å². The van der Waals surface area contributed by atoms with E-state index in [2.05, 4.69) is 10.3 Å². The van der Waals surface area contributed by atoms with Gasteiger partial charge in [-0.05, 0) is 25.0 Å². The van der Waals surface area contributed by atoms with Gasteiger partial charge >= 0.3 is 5.97 Å². The van der Waals surface area contributed by atoms with Gasteiger partial charge in [0, 0.05) is 11.9 Å². The molecule has 0 fully saturated rings. The fourth-order valence-corrected chi connectivity index (χ4v) is 1.51. The molecule has 5 heteroatoms. The second kappa shape index (κ2) is 6.14. The van der Waals surface area contributed by atoms with Gasteiger partial charge in [0.2, 0.25) is 0 Å². The van der Waals surface area contributed by atoms with Crippen LogP contribution >= 0.6 is 0 Å². The van der Waals surface area contributed by atoms with Crippen molar-refractivity contribution in [3.05, 3.63) is 29.6 Å². The number of rotatable bonds is 5. The average molecular weight is 250 g/mol. The normalized spacial score (nSPS) is 13.7. The van der Waals surface area contributed by atoms with E-state index < -0.39 is 17.9 Å². The Morgan fingerprint density at radius 1 is 1.44 bits per heavy atom. The summed E-state index contributed by atoms with van der Waals surface area (Å²) >= 11 is 0. The molecule has 0 aliphatic heterocycles. The van der Waals surface area contributed by atoms with E-state index in [0.717, 1.165) is 5.69 Å². The molecule has 1 amide bonds. The van der Waals surface area contributed by atoms with Crippen molar-refractivity contribution >= 4 is 11.9 Å². The lowest BCUT2D eigenvalue weighted by Gasteiger charge is -2.20. The molecule has 18 heavy (non-hydrogen) atoms. The second-order valence-electron chi connectivity index (χ2n) is 4.36. The summed E-state index contributed by atoms with van der Waals surface area (Å²) in [7, 11) is 0. The number of carboxylic acid groups (broad SMARTS) is 1. The summed E-state index contributed by atoms with van der Waals surface area (Å²) in [6.45, 7) is 5.51. The largest absolute Gasteiger partial charge is 0.480 e. The van der Waals surface area contributed by atoms with Gasteiger partial charge in [-0.1, -0.05) is 20.3 Å². The second-order valence-corrected chi connectivity index (χ2v) is 4.36. The predicted molar refractivity (Wildman–Crippen MR) is 67.3 cm³/mol. The molecule has 0 radical (unpaired) electrons. The Morgan fingerprint density at radius 3 is 2.56 bits per heavy atom. The molecule has 0 aliphatic carbocycles. The van der Waals surface area contributed by atoms with Gasteiger partial charge in [-0.25, -0.2) is 4.79 Å². The molecule has 0 aromatic carbocycles. The molecule has 0 spiro atoms. The lowest BCUT2D eigenvalue weighted by molar-refractivity contribution is -0.140. The van der Waals surface area contributed by atoms with E-state index in [9.17, 15) is 9.59 Å². The molecule has 2 N–H and O–H groups in total. The van der Waals surface area contributed by atoms with Crippen molar-refractivity contribution in [1.82, 2.24) is 10.3 Å². The Hall–Kier alpha value is -1.91. The van der Waals surface area contributed by atoms with E-state index in [-0.39, 0.29) is 5.92 Å². The Balaban J connectivity index is 2.78. The monoisotopic (exact) mass is 250 g/mol. The molecular formula is C13H18N2O3. The lowest BCUT2D eigenvalue weighted by Crippen LogP contribution is -2.45. The molecule has 98 valence electrons. The summed E-state index contributed by atoms with van der Waals surface area (Å²) in [5.41, 5.74) is 1.18. The van der Waals surface area contributed by atoms with Gasteiger partial charge in [0.1, 0.15) is 6.04 Å². The highest BCUT2D eigenvalue weighted by Crippen LogP contribution is 2.09. The molecule has 2 atom stereocenters. The number of nitrogens with zero attached hydrogens (tertiary/aromatic N) is 1. The van der Waals surface area contributed by atoms with Crippen LogP contribution in [0.1, 0.15) is 36.3 Å². The minimum absolute atomic E-state index is 0.121. The topological polar surface area (TPSA) is 79.3 Å². The van der Waals surface area contributed by atoms with Crippen LogP contribution in [-0.2, 0) is 4.79 Å². The summed E-state index contributed by atoms with van der Waals surface area (Å²) in [6, 6.07) is 2.48. The van der Waals surface area contributed by atoms with Crippen molar-refractivity contribution in [2.75, 3.05) is 0 Å². The fourth-order valence-electron chi connectivity index (χ4n) is 1.51. The number of aromatic nitrogens is 1. The molecule has 1 rings (SSSR count). The summed E-state index contributed by atoms with van der Waals surface area (Å²) in [5, 5.41) is 11.6. The Bertz CT molecular complexity index is 428. The summed E-state index contributed by atoms with van der Waals surface area (Å²) in [4.78, 5) is 27.0. The van der Waals surface area contributed by atoms with Crippen LogP contribution in [0.25, 0.3) is 0 Å². The van der Waals surface area contributed by atoms with Crippen molar-refractivity contribution in [3.8, 4) is 0 Å². The van der Waals surface area contributed by atoms with Crippen molar-refractivity contribution in [1.29, 1.82) is 0 Å². The SMILES string of the molecule is CCC(C)C(NC(=O)c1ccc(C)nc1)C(=O)O. The van der Waals surface area contributed by atoms with Crippen LogP contribution in [0.4, 0.5) is 0 Å². The third-order valence-electron chi connectivity index (χ3n) is 2.94. The number of nitrogens with one attached hydrogen (secondary N) is 1. The van der Waals surface area contributed by atoms with Crippen molar-refractivity contribution in [2.45, 2.75) is 33.2 Å². The zero-order valence-electron chi connectivity index (χ0n) is 10.8. The Kier molecular flexibility index (Phi) is 4.83. The first-order valence-corrected chi connectivity index (χ1v) is 5.92. The number of aliphatic carboxylic acids is 1. The highest BCUT2D eigenvalue weighted by Gasteiger charge is 2.25. The molecule has 0 bridgehead atoms. The minimum atomic E-state index is -1.02. The zero-order valence-corrected chi connectivity index (χ0v) is 10.8. The number of amides is 1. The number of pyridine rings is 1. The standard InChI is InChI=1S/C13H18N2O3/c1-4-8(2)11(13(17)18)15-12(16)10-6-5-9(3)14-7-10/h5-8,11H,4H2,1-3H3,(H,15,16)(H,17,18). The van der Waals surface area contributed by atoms with Gasteiger partial charge < -0.3 is 10.4 Å². The summed E-state index contributed by atoms with van der Waals surface area (Å²) in [5.74, 6) is -1.54. The smallest absolute Gasteiger partial charge is 0.326 e. The molecule has 1 aromatic heterocycles. The van der Waals surface area contributed by atoms with E-state index >= 15 is 0 Å². The third kappa shape index (κ3) is 3.55. The lowest BCUT2D eigenvalue weighted by atomic mass is 9.99. The van der Waals surface area contributed by atoms with Gasteiger partial charge in [0.05, 0.1) is 5.56 Å². The third-order valence-corrected chi connectivity index (χ3v) is 2.94. The molecule has 0 aliphatic rings. The van der Waals surface area contributed by atoms with Crippen LogP contribution in [0.5, 0.6) is 0 Å². The molecule has 0 saturated heterocycles. The quantitative estimate of drug-likeness (QED) is 0.832. The Morgan fingerprint density at radius 2 is 2.11 bits per heavy atom. The summed E-state index contributed by atoms with van der Waals surface area (Å²) < 4.78 is 0.